The van der Waals surface area contributed by atoms with E-state index >= 15 is 0 Å². The third-order valence-electron chi connectivity index (χ3n) is 7.37. The fraction of sp³-hybridized carbons (Fsp3) is 0.121. The van der Waals surface area contributed by atoms with Gasteiger partial charge >= 0.3 is 0 Å². The minimum atomic E-state index is -0.0414. The standard InChI is InChI=1S/C33H26Br2N2O/c34-23-11-13-32-28(15-23)30(19-36-32)26(21-7-3-1-4-8-21)17-25(38)18-27(22-9-5-2-6-10-22)31-20-37-33-14-12-24(35)16-29(31)33/h1-16,19-20,26-27,36-37H,17-18H2. The molecule has 2 heterocycles. The Balaban J connectivity index is 1.38. The molecule has 0 aliphatic rings. The summed E-state index contributed by atoms with van der Waals surface area (Å²) < 4.78 is 2.05. The number of Topliss-reactive ketones (excluding diaryl/α,β-unsaturated/α-hetero) is 1. The van der Waals surface area contributed by atoms with Gasteiger partial charge in [0.1, 0.15) is 5.78 Å². The average Bonchev–Trinajstić information content (AvgIpc) is 3.55. The predicted molar refractivity (Wildman–Crippen MR) is 163 cm³/mol. The smallest absolute Gasteiger partial charge is 0.134 e. The van der Waals surface area contributed by atoms with E-state index in [0.717, 1.165) is 53.0 Å². The van der Waals surface area contributed by atoms with Crippen molar-refractivity contribution in [1.29, 1.82) is 0 Å². The van der Waals surface area contributed by atoms with Gasteiger partial charge in [-0.05, 0) is 58.7 Å². The summed E-state index contributed by atoms with van der Waals surface area (Å²) in [6.45, 7) is 0. The van der Waals surface area contributed by atoms with Gasteiger partial charge in [0.05, 0.1) is 0 Å². The molecule has 0 fully saturated rings. The van der Waals surface area contributed by atoms with Crippen LogP contribution in [0.25, 0.3) is 21.8 Å². The fourth-order valence-electron chi connectivity index (χ4n) is 5.53. The molecule has 0 aliphatic heterocycles. The van der Waals surface area contributed by atoms with Gasteiger partial charge in [-0.2, -0.15) is 0 Å². The summed E-state index contributed by atoms with van der Waals surface area (Å²) in [6.07, 6.45) is 4.99. The Morgan fingerprint density at radius 3 is 1.45 bits per heavy atom. The van der Waals surface area contributed by atoms with Crippen molar-refractivity contribution in [1.82, 2.24) is 9.97 Å². The van der Waals surface area contributed by atoms with Crippen LogP contribution in [0.1, 0.15) is 46.9 Å². The monoisotopic (exact) mass is 624 g/mol. The molecular weight excluding hydrogens is 600 g/mol. The van der Waals surface area contributed by atoms with Crippen molar-refractivity contribution < 1.29 is 4.79 Å². The SMILES string of the molecule is O=C(CC(c1ccccc1)c1c[nH]c2ccc(Br)cc12)CC(c1ccccc1)c1c[nH]c2ccc(Br)cc12. The van der Waals surface area contributed by atoms with E-state index in [1.54, 1.807) is 0 Å². The van der Waals surface area contributed by atoms with Crippen molar-refractivity contribution in [3.8, 4) is 0 Å². The molecule has 0 bridgehead atoms. The number of aromatic amines is 2. The van der Waals surface area contributed by atoms with E-state index in [1.807, 2.05) is 48.5 Å². The first kappa shape index (κ1) is 24.9. The molecule has 0 amide bonds. The van der Waals surface area contributed by atoms with Crippen molar-refractivity contribution in [3.63, 3.8) is 0 Å². The molecule has 2 N–H and O–H groups in total. The van der Waals surface area contributed by atoms with Gasteiger partial charge in [0.15, 0.2) is 0 Å². The summed E-state index contributed by atoms with van der Waals surface area (Å²) in [5, 5.41) is 2.28. The molecular formula is C33H26Br2N2O. The largest absolute Gasteiger partial charge is 0.361 e. The van der Waals surface area contributed by atoms with E-state index in [1.165, 1.54) is 0 Å². The number of nitrogens with one attached hydrogen (secondary N) is 2. The number of H-pyrrole nitrogens is 2. The normalized spacial score (nSPS) is 13.1. The van der Waals surface area contributed by atoms with Crippen LogP contribution < -0.4 is 0 Å². The number of fused-ring (bicyclic) bond motifs is 2. The van der Waals surface area contributed by atoms with Crippen LogP contribution in [0, 0.1) is 0 Å². The molecule has 0 radical (unpaired) electrons. The van der Waals surface area contributed by atoms with Crippen molar-refractivity contribution in [2.45, 2.75) is 24.7 Å². The number of hydrogen-bond donors (Lipinski definition) is 2. The van der Waals surface area contributed by atoms with Crippen LogP contribution >= 0.6 is 31.9 Å². The van der Waals surface area contributed by atoms with E-state index in [4.69, 9.17) is 0 Å². The first-order chi connectivity index (χ1) is 18.6. The number of carbonyl (C=O) groups is 1. The van der Waals surface area contributed by atoms with Crippen molar-refractivity contribution in [3.05, 3.63) is 141 Å². The van der Waals surface area contributed by atoms with Crippen LogP contribution in [-0.2, 0) is 4.79 Å². The highest BCUT2D eigenvalue weighted by molar-refractivity contribution is 9.10. The third-order valence-corrected chi connectivity index (χ3v) is 8.36. The van der Waals surface area contributed by atoms with Crippen LogP contribution in [0.5, 0.6) is 0 Å². The summed E-state index contributed by atoms with van der Waals surface area (Å²) in [6, 6.07) is 33.2. The van der Waals surface area contributed by atoms with Crippen LogP contribution in [0.3, 0.4) is 0 Å². The lowest BCUT2D eigenvalue weighted by molar-refractivity contribution is -0.119. The van der Waals surface area contributed by atoms with Gasteiger partial charge in [0.25, 0.3) is 0 Å². The van der Waals surface area contributed by atoms with Gasteiger partial charge in [-0.1, -0.05) is 92.5 Å². The summed E-state index contributed by atoms with van der Waals surface area (Å²) in [5.41, 5.74) is 6.73. The highest BCUT2D eigenvalue weighted by atomic mass is 79.9. The Kier molecular flexibility index (Phi) is 7.05. The Morgan fingerprint density at radius 2 is 1.03 bits per heavy atom. The van der Waals surface area contributed by atoms with Crippen LogP contribution in [0.4, 0.5) is 0 Å². The van der Waals surface area contributed by atoms with E-state index in [0.29, 0.717) is 12.8 Å². The van der Waals surface area contributed by atoms with Crippen LogP contribution in [-0.4, -0.2) is 15.8 Å². The highest BCUT2D eigenvalue weighted by Gasteiger charge is 2.26. The number of carbonyl (C=O) groups excluding carboxylic acids is 1. The predicted octanol–water partition coefficient (Wildman–Crippen LogP) is 9.49. The molecule has 2 unspecified atom stereocenters. The zero-order valence-electron chi connectivity index (χ0n) is 20.6. The van der Waals surface area contributed by atoms with E-state index < -0.39 is 0 Å². The third kappa shape index (κ3) is 5.01. The molecule has 2 atom stereocenters. The first-order valence-electron chi connectivity index (χ1n) is 12.7. The number of benzene rings is 4. The number of rotatable bonds is 8. The maximum absolute atomic E-state index is 14.0. The highest BCUT2D eigenvalue weighted by Crippen LogP contribution is 2.38. The summed E-state index contributed by atoms with van der Waals surface area (Å²) in [4.78, 5) is 20.8. The molecule has 2 aromatic heterocycles. The lowest BCUT2D eigenvalue weighted by Crippen LogP contribution is -2.13. The Morgan fingerprint density at radius 1 is 0.605 bits per heavy atom. The molecule has 6 rings (SSSR count). The summed E-state index contributed by atoms with van der Waals surface area (Å²) in [5.74, 6) is 0.155. The van der Waals surface area contributed by atoms with Crippen molar-refractivity contribution in [2.75, 3.05) is 0 Å². The number of hydrogen-bond acceptors (Lipinski definition) is 1. The molecule has 0 spiro atoms. The Labute approximate surface area is 238 Å². The second-order valence-electron chi connectivity index (χ2n) is 9.74. The molecule has 38 heavy (non-hydrogen) atoms. The zero-order chi connectivity index (χ0) is 26.1. The molecule has 0 saturated heterocycles. The second-order valence-corrected chi connectivity index (χ2v) is 11.6. The van der Waals surface area contributed by atoms with Crippen molar-refractivity contribution >= 4 is 59.4 Å². The van der Waals surface area contributed by atoms with Gasteiger partial charge in [0.2, 0.25) is 0 Å². The molecule has 0 aliphatic carbocycles. The van der Waals surface area contributed by atoms with Crippen LogP contribution in [0.15, 0.2) is 118 Å². The molecule has 188 valence electrons. The number of aromatic nitrogens is 2. The molecule has 5 heteroatoms. The van der Waals surface area contributed by atoms with Crippen molar-refractivity contribution in [2.24, 2.45) is 0 Å². The molecule has 3 nitrogen and oxygen atoms in total. The summed E-state index contributed by atoms with van der Waals surface area (Å²) >= 11 is 7.25. The maximum Gasteiger partial charge on any atom is 0.134 e. The lowest BCUT2D eigenvalue weighted by atomic mass is 9.82. The zero-order valence-corrected chi connectivity index (χ0v) is 23.8. The Hall–Kier alpha value is -3.41. The van der Waals surface area contributed by atoms with Gasteiger partial charge in [-0.3, -0.25) is 4.79 Å². The number of halogens is 2. The van der Waals surface area contributed by atoms with Gasteiger partial charge in [-0.15, -0.1) is 0 Å². The maximum atomic E-state index is 14.0. The summed E-state index contributed by atoms with van der Waals surface area (Å²) in [7, 11) is 0. The molecule has 6 aromatic rings. The Bertz CT molecular complexity index is 1590. The fourth-order valence-corrected chi connectivity index (χ4v) is 6.25. The number of ketones is 1. The molecule has 0 saturated carbocycles. The molecule has 4 aromatic carbocycles. The second kappa shape index (κ2) is 10.8. The first-order valence-corrected chi connectivity index (χ1v) is 14.3. The minimum absolute atomic E-state index is 0.0414. The lowest BCUT2D eigenvalue weighted by Gasteiger charge is -2.20. The van der Waals surface area contributed by atoms with E-state index in [2.05, 4.69) is 103 Å². The van der Waals surface area contributed by atoms with Crippen LogP contribution in [0.2, 0.25) is 0 Å². The van der Waals surface area contributed by atoms with Gasteiger partial charge in [0, 0.05) is 67.8 Å². The average molecular weight is 626 g/mol. The quantitative estimate of drug-likeness (QED) is 0.174. The van der Waals surface area contributed by atoms with E-state index in [9.17, 15) is 4.79 Å². The van der Waals surface area contributed by atoms with E-state index in [-0.39, 0.29) is 17.6 Å². The van der Waals surface area contributed by atoms with Gasteiger partial charge < -0.3 is 9.97 Å². The topological polar surface area (TPSA) is 48.6 Å². The van der Waals surface area contributed by atoms with Gasteiger partial charge in [-0.25, -0.2) is 0 Å². The minimum Gasteiger partial charge on any atom is -0.361 e.